The summed E-state index contributed by atoms with van der Waals surface area (Å²) in [6, 6.07) is 3.84. The Morgan fingerprint density at radius 2 is 2.22 bits per heavy atom. The molecule has 98 valence electrons. The fourth-order valence-corrected chi connectivity index (χ4v) is 2.09. The summed E-state index contributed by atoms with van der Waals surface area (Å²) in [6.07, 6.45) is 0. The van der Waals surface area contributed by atoms with Gasteiger partial charge in [-0.15, -0.1) is 0 Å². The first-order chi connectivity index (χ1) is 8.43. The number of nitrogens with zero attached hydrogens (tertiary/aromatic N) is 1. The smallest absolute Gasteiger partial charge is 0.261 e. The van der Waals surface area contributed by atoms with Crippen molar-refractivity contribution >= 4 is 5.91 Å². The average molecular weight is 253 g/mol. The minimum atomic E-state index is -0.706. The molecule has 0 spiro atoms. The molecule has 4 nitrogen and oxygen atoms in total. The van der Waals surface area contributed by atoms with Crippen molar-refractivity contribution < 1.29 is 19.0 Å². The highest BCUT2D eigenvalue weighted by atomic mass is 19.1. The summed E-state index contributed by atoms with van der Waals surface area (Å²) < 4.78 is 19.0. The van der Waals surface area contributed by atoms with Gasteiger partial charge in [0, 0.05) is 6.54 Å². The van der Waals surface area contributed by atoms with E-state index in [1.165, 1.54) is 23.1 Å². The van der Waals surface area contributed by atoms with Crippen molar-refractivity contribution in [2.45, 2.75) is 19.4 Å². The highest BCUT2D eigenvalue weighted by Crippen LogP contribution is 2.27. The lowest BCUT2D eigenvalue weighted by Gasteiger charge is -2.42. The summed E-state index contributed by atoms with van der Waals surface area (Å²) in [6.45, 7) is 4.90. The van der Waals surface area contributed by atoms with Crippen molar-refractivity contribution in [3.63, 3.8) is 0 Å². The number of ether oxygens (including phenoxy) is 1. The Morgan fingerprint density at radius 1 is 1.50 bits per heavy atom. The number of morpholine rings is 1. The minimum absolute atomic E-state index is 0.271. The van der Waals surface area contributed by atoms with Gasteiger partial charge < -0.3 is 14.7 Å². The molecule has 0 aromatic heterocycles. The quantitative estimate of drug-likeness (QED) is 0.830. The molecule has 0 atom stereocenters. The summed E-state index contributed by atoms with van der Waals surface area (Å²) in [5.74, 6) is -1.54. The number of halogens is 1. The zero-order valence-electron chi connectivity index (χ0n) is 10.4. The predicted octanol–water partition coefficient (Wildman–Crippen LogP) is 1.78. The van der Waals surface area contributed by atoms with Crippen LogP contribution < -0.4 is 0 Å². The summed E-state index contributed by atoms with van der Waals surface area (Å²) in [7, 11) is 0. The van der Waals surface area contributed by atoms with Gasteiger partial charge >= 0.3 is 0 Å². The molecule has 0 bridgehead atoms. The van der Waals surface area contributed by atoms with Gasteiger partial charge in [0.1, 0.15) is 17.1 Å². The Balaban J connectivity index is 2.36. The fraction of sp³-hybridized carbons (Fsp3) is 0.462. The number of carbonyl (C=O) groups excluding carboxylic acids is 1. The molecular weight excluding hydrogens is 237 g/mol. The van der Waals surface area contributed by atoms with Gasteiger partial charge in [0.25, 0.3) is 5.91 Å². The monoisotopic (exact) mass is 253 g/mol. The molecule has 1 heterocycles. The van der Waals surface area contributed by atoms with E-state index < -0.39 is 17.3 Å². The van der Waals surface area contributed by atoms with Gasteiger partial charge in [-0.25, -0.2) is 4.39 Å². The SMILES string of the molecule is CC1(C)COCCN1C(=O)c1c(O)cccc1F. The molecule has 5 heteroatoms. The van der Waals surface area contributed by atoms with Gasteiger partial charge in [0.05, 0.1) is 18.8 Å². The minimum Gasteiger partial charge on any atom is -0.507 e. The predicted molar refractivity (Wildman–Crippen MR) is 64.0 cm³/mol. The van der Waals surface area contributed by atoms with Crippen molar-refractivity contribution in [2.24, 2.45) is 0 Å². The lowest BCUT2D eigenvalue weighted by atomic mass is 10.0. The van der Waals surface area contributed by atoms with Crippen LogP contribution in [0.2, 0.25) is 0 Å². The van der Waals surface area contributed by atoms with Crippen LogP contribution in [0.3, 0.4) is 0 Å². The van der Waals surface area contributed by atoms with Crippen molar-refractivity contribution in [1.29, 1.82) is 0 Å². The molecular formula is C13H16FNO3. The van der Waals surface area contributed by atoms with Crippen LogP contribution in [0.4, 0.5) is 4.39 Å². The van der Waals surface area contributed by atoms with Gasteiger partial charge in [-0.1, -0.05) is 6.07 Å². The fourth-order valence-electron chi connectivity index (χ4n) is 2.09. The van der Waals surface area contributed by atoms with E-state index in [0.717, 1.165) is 0 Å². The average Bonchev–Trinajstić information content (AvgIpc) is 2.27. The molecule has 0 aliphatic carbocycles. The Bertz CT molecular complexity index is 453. The third kappa shape index (κ3) is 2.18. The summed E-state index contributed by atoms with van der Waals surface area (Å²) >= 11 is 0. The van der Waals surface area contributed by atoms with Crippen LogP contribution >= 0.6 is 0 Å². The van der Waals surface area contributed by atoms with Crippen LogP contribution in [0.15, 0.2) is 18.2 Å². The maximum atomic E-state index is 13.7. The van der Waals surface area contributed by atoms with E-state index in [4.69, 9.17) is 4.74 Å². The van der Waals surface area contributed by atoms with Crippen LogP contribution in [0, 0.1) is 5.82 Å². The number of aromatic hydroxyl groups is 1. The number of hydrogen-bond donors (Lipinski definition) is 1. The molecule has 0 unspecified atom stereocenters. The van der Waals surface area contributed by atoms with Crippen LogP contribution in [0.5, 0.6) is 5.75 Å². The molecule has 1 amide bonds. The normalized spacial score (nSPS) is 18.7. The van der Waals surface area contributed by atoms with Crippen LogP contribution in [0.25, 0.3) is 0 Å². The molecule has 1 fully saturated rings. The second-order valence-electron chi connectivity index (χ2n) is 4.96. The van der Waals surface area contributed by atoms with Gasteiger partial charge in [-0.05, 0) is 26.0 Å². The number of hydrogen-bond acceptors (Lipinski definition) is 3. The van der Waals surface area contributed by atoms with Crippen molar-refractivity contribution in [2.75, 3.05) is 19.8 Å². The molecule has 18 heavy (non-hydrogen) atoms. The maximum absolute atomic E-state index is 13.7. The molecule has 1 N–H and O–H groups in total. The number of carbonyl (C=O) groups is 1. The largest absolute Gasteiger partial charge is 0.507 e. The van der Waals surface area contributed by atoms with E-state index in [1.54, 1.807) is 0 Å². The van der Waals surface area contributed by atoms with E-state index in [2.05, 4.69) is 0 Å². The van der Waals surface area contributed by atoms with E-state index in [1.807, 2.05) is 13.8 Å². The second kappa shape index (κ2) is 4.57. The second-order valence-corrected chi connectivity index (χ2v) is 4.96. The number of phenols is 1. The highest BCUT2D eigenvalue weighted by molar-refractivity contribution is 5.97. The van der Waals surface area contributed by atoms with Crippen LogP contribution in [0.1, 0.15) is 24.2 Å². The lowest BCUT2D eigenvalue weighted by Crippen LogP contribution is -2.55. The Morgan fingerprint density at radius 3 is 2.83 bits per heavy atom. The van der Waals surface area contributed by atoms with Crippen molar-refractivity contribution in [3.8, 4) is 5.75 Å². The molecule has 1 aromatic carbocycles. The van der Waals surface area contributed by atoms with Crippen LogP contribution in [-0.2, 0) is 4.74 Å². The summed E-state index contributed by atoms with van der Waals surface area (Å²) in [4.78, 5) is 13.9. The van der Waals surface area contributed by atoms with E-state index in [0.29, 0.717) is 19.8 Å². The standard InChI is InChI=1S/C13H16FNO3/c1-13(2)8-18-7-6-15(13)12(17)11-9(14)4-3-5-10(11)16/h3-5,16H,6-8H2,1-2H3. The zero-order valence-corrected chi connectivity index (χ0v) is 10.4. The molecule has 2 rings (SSSR count). The zero-order chi connectivity index (χ0) is 13.3. The summed E-state index contributed by atoms with van der Waals surface area (Å²) in [5, 5.41) is 9.64. The Labute approximate surface area is 105 Å². The van der Waals surface area contributed by atoms with Crippen molar-refractivity contribution in [1.82, 2.24) is 4.90 Å². The maximum Gasteiger partial charge on any atom is 0.261 e. The van der Waals surface area contributed by atoms with E-state index in [9.17, 15) is 14.3 Å². The Kier molecular flexibility index (Phi) is 3.26. The first-order valence-corrected chi connectivity index (χ1v) is 5.81. The molecule has 1 aliphatic rings. The summed E-state index contributed by atoms with van der Waals surface area (Å²) in [5.41, 5.74) is -0.781. The topological polar surface area (TPSA) is 49.8 Å². The van der Waals surface area contributed by atoms with E-state index >= 15 is 0 Å². The number of phenolic OH excluding ortho intramolecular Hbond substituents is 1. The van der Waals surface area contributed by atoms with Gasteiger partial charge in [0.2, 0.25) is 0 Å². The molecule has 0 radical (unpaired) electrons. The van der Waals surface area contributed by atoms with Gasteiger partial charge in [0.15, 0.2) is 0 Å². The third-order valence-corrected chi connectivity index (χ3v) is 3.10. The van der Waals surface area contributed by atoms with Gasteiger partial charge in [-0.3, -0.25) is 4.79 Å². The highest BCUT2D eigenvalue weighted by Gasteiger charge is 2.36. The van der Waals surface area contributed by atoms with Crippen molar-refractivity contribution in [3.05, 3.63) is 29.6 Å². The molecule has 0 saturated carbocycles. The number of benzene rings is 1. The Hall–Kier alpha value is -1.62. The number of rotatable bonds is 1. The van der Waals surface area contributed by atoms with Gasteiger partial charge in [-0.2, -0.15) is 0 Å². The molecule has 1 aliphatic heterocycles. The van der Waals surface area contributed by atoms with Crippen LogP contribution in [-0.4, -0.2) is 41.2 Å². The molecule has 1 saturated heterocycles. The number of amides is 1. The van der Waals surface area contributed by atoms with E-state index in [-0.39, 0.29) is 11.3 Å². The molecule has 1 aromatic rings. The third-order valence-electron chi connectivity index (χ3n) is 3.10. The lowest BCUT2D eigenvalue weighted by molar-refractivity contribution is -0.0373. The first-order valence-electron chi connectivity index (χ1n) is 5.81. The first kappa shape index (κ1) is 12.8.